The number of hydrogen-bond acceptors (Lipinski definition) is 4. The van der Waals surface area contributed by atoms with E-state index in [9.17, 15) is 9.59 Å². The van der Waals surface area contributed by atoms with Crippen LogP contribution in [0.2, 0.25) is 0 Å². The van der Waals surface area contributed by atoms with Gasteiger partial charge in [0.05, 0.1) is 26.3 Å². The molecule has 1 aromatic heterocycles. The van der Waals surface area contributed by atoms with Gasteiger partial charge in [0, 0.05) is 56.6 Å². The minimum atomic E-state index is -0.0302. The van der Waals surface area contributed by atoms with E-state index < -0.39 is 0 Å². The van der Waals surface area contributed by atoms with Gasteiger partial charge in [-0.25, -0.2) is 0 Å². The summed E-state index contributed by atoms with van der Waals surface area (Å²) in [6, 6.07) is 25.2. The highest BCUT2D eigenvalue weighted by atomic mass is 16.5. The van der Waals surface area contributed by atoms with Crippen molar-refractivity contribution in [2.24, 2.45) is 5.92 Å². The molecule has 3 fully saturated rings. The molecule has 0 N–H and O–H groups in total. The van der Waals surface area contributed by atoms with Crippen molar-refractivity contribution in [2.45, 2.75) is 44.3 Å². The highest BCUT2D eigenvalue weighted by Crippen LogP contribution is 2.48. The lowest BCUT2D eigenvalue weighted by Crippen LogP contribution is -2.48. The summed E-state index contributed by atoms with van der Waals surface area (Å²) in [5, 5.41) is 0. The number of nitrogens with zero attached hydrogens (tertiary/aromatic N) is 4. The molecule has 40 heavy (non-hydrogen) atoms. The van der Waals surface area contributed by atoms with E-state index in [4.69, 9.17) is 4.74 Å². The van der Waals surface area contributed by atoms with E-state index in [-0.39, 0.29) is 36.2 Å². The molecule has 1 aliphatic heterocycles. The molecule has 2 amide bonds. The van der Waals surface area contributed by atoms with Crippen LogP contribution in [-0.2, 0) is 27.4 Å². The van der Waals surface area contributed by atoms with E-state index >= 15 is 0 Å². The van der Waals surface area contributed by atoms with Gasteiger partial charge in [0.1, 0.15) is 0 Å². The summed E-state index contributed by atoms with van der Waals surface area (Å²) in [4.78, 5) is 33.9. The van der Waals surface area contributed by atoms with Crippen molar-refractivity contribution in [3.63, 3.8) is 0 Å². The maximum atomic E-state index is 13.9. The van der Waals surface area contributed by atoms with Gasteiger partial charge in [0.2, 0.25) is 11.8 Å². The molecule has 2 aliphatic carbocycles. The fraction of sp³-hybridized carbons (Fsp3) is 0.455. The lowest BCUT2D eigenvalue weighted by molar-refractivity contribution is -0.142. The van der Waals surface area contributed by atoms with Gasteiger partial charge < -0.3 is 19.1 Å². The Hall–Kier alpha value is -3.42. The third-order valence-corrected chi connectivity index (χ3v) is 8.52. The monoisotopic (exact) mass is 540 g/mol. The maximum Gasteiger partial charge on any atom is 0.242 e. The number of carbonyl (C=O) groups is 2. The summed E-state index contributed by atoms with van der Waals surface area (Å²) in [6.07, 6.45) is 5.02. The highest BCUT2D eigenvalue weighted by Gasteiger charge is 2.46. The minimum absolute atomic E-state index is 0.0302. The first-order chi connectivity index (χ1) is 19.7. The van der Waals surface area contributed by atoms with Crippen molar-refractivity contribution in [3.8, 4) is 0 Å². The van der Waals surface area contributed by atoms with Crippen LogP contribution in [0.5, 0.6) is 0 Å². The van der Waals surface area contributed by atoms with Crippen molar-refractivity contribution >= 4 is 11.8 Å². The largest absolute Gasteiger partial charge is 0.379 e. The Morgan fingerprint density at radius 2 is 1.62 bits per heavy atom. The van der Waals surface area contributed by atoms with Crippen molar-refractivity contribution in [3.05, 3.63) is 95.8 Å². The molecule has 3 aliphatic rings. The Morgan fingerprint density at radius 1 is 0.900 bits per heavy atom. The third kappa shape index (κ3) is 6.65. The normalized spacial score (nSPS) is 20.7. The zero-order chi connectivity index (χ0) is 27.3. The van der Waals surface area contributed by atoms with Gasteiger partial charge in [0.25, 0.3) is 0 Å². The summed E-state index contributed by atoms with van der Waals surface area (Å²) < 4.78 is 7.74. The first-order valence-corrected chi connectivity index (χ1v) is 14.8. The predicted octanol–water partition coefficient (Wildman–Crippen LogP) is 3.99. The number of aromatic nitrogens is 1. The van der Waals surface area contributed by atoms with Crippen LogP contribution in [0, 0.1) is 5.92 Å². The Bertz CT molecular complexity index is 1270. The Labute approximate surface area is 237 Å². The molecule has 210 valence electrons. The average Bonchev–Trinajstić information content (AvgIpc) is 3.93. The van der Waals surface area contributed by atoms with Gasteiger partial charge in [-0.1, -0.05) is 60.7 Å². The Balaban J connectivity index is 1.14. The van der Waals surface area contributed by atoms with Crippen LogP contribution in [0.1, 0.15) is 42.0 Å². The van der Waals surface area contributed by atoms with Crippen molar-refractivity contribution in [1.29, 1.82) is 0 Å². The predicted molar refractivity (Wildman–Crippen MR) is 155 cm³/mol. The summed E-state index contributed by atoms with van der Waals surface area (Å²) >= 11 is 0. The summed E-state index contributed by atoms with van der Waals surface area (Å²) in [5.74, 6) is 0.411. The second kappa shape index (κ2) is 12.4. The molecule has 2 saturated carbocycles. The molecule has 3 aromatic rings. The summed E-state index contributed by atoms with van der Waals surface area (Å²) in [7, 11) is 0. The molecule has 2 aromatic carbocycles. The molecular formula is C33H40N4O3. The molecule has 0 radical (unpaired) electrons. The first kappa shape index (κ1) is 26.8. The topological polar surface area (TPSA) is 58.0 Å². The van der Waals surface area contributed by atoms with Crippen molar-refractivity contribution in [2.75, 3.05) is 45.9 Å². The number of morpholine rings is 1. The zero-order valence-electron chi connectivity index (χ0n) is 23.2. The lowest BCUT2D eigenvalue weighted by atomic mass is 10.1. The van der Waals surface area contributed by atoms with Gasteiger partial charge in [-0.15, -0.1) is 0 Å². The maximum absolute atomic E-state index is 13.9. The molecular weight excluding hydrogens is 500 g/mol. The first-order valence-electron chi connectivity index (χ1n) is 14.8. The van der Waals surface area contributed by atoms with Crippen LogP contribution in [0.15, 0.2) is 79.0 Å². The van der Waals surface area contributed by atoms with Crippen LogP contribution in [-0.4, -0.2) is 83.1 Å². The van der Waals surface area contributed by atoms with Crippen LogP contribution in [0.25, 0.3) is 0 Å². The average molecular weight is 541 g/mol. The van der Waals surface area contributed by atoms with Crippen LogP contribution < -0.4 is 0 Å². The van der Waals surface area contributed by atoms with E-state index in [0.717, 1.165) is 64.3 Å². The number of amides is 2. The lowest BCUT2D eigenvalue weighted by Gasteiger charge is -2.31. The molecule has 7 nitrogen and oxygen atoms in total. The van der Waals surface area contributed by atoms with Crippen molar-refractivity contribution in [1.82, 2.24) is 19.3 Å². The SMILES string of the molecule is O=C(C1CC1c1ccccc1)N(CCN1CCOCC1)CC(=O)N(Cc1cccn1Cc1ccccc1)C1CC1. The van der Waals surface area contributed by atoms with E-state index in [2.05, 4.69) is 64.2 Å². The standard InChI is InChI=1S/C33H40N4O3/c38-32(37(28-13-14-28)24-29-12-7-15-35(29)23-26-8-3-1-4-9-26)25-36(17-16-34-18-20-40-21-19-34)33(39)31-22-30(31)27-10-5-2-6-11-27/h1-12,15,28,30-31H,13-14,16-25H2. The van der Waals surface area contributed by atoms with Gasteiger partial charge >= 0.3 is 0 Å². The number of benzene rings is 2. The fourth-order valence-corrected chi connectivity index (χ4v) is 5.89. The van der Waals surface area contributed by atoms with Crippen LogP contribution in [0.4, 0.5) is 0 Å². The number of carbonyl (C=O) groups excluding carboxylic acids is 2. The molecule has 7 heteroatoms. The van der Waals surface area contributed by atoms with E-state index in [1.54, 1.807) is 0 Å². The molecule has 2 atom stereocenters. The molecule has 6 rings (SSSR count). The molecule has 0 bridgehead atoms. The molecule has 1 saturated heterocycles. The summed E-state index contributed by atoms with van der Waals surface area (Å²) in [5.41, 5.74) is 3.59. The van der Waals surface area contributed by atoms with Crippen LogP contribution >= 0.6 is 0 Å². The molecule has 2 unspecified atom stereocenters. The van der Waals surface area contributed by atoms with E-state index in [0.29, 0.717) is 13.1 Å². The molecule has 0 spiro atoms. The highest BCUT2D eigenvalue weighted by molar-refractivity contribution is 5.88. The smallest absolute Gasteiger partial charge is 0.242 e. The number of ether oxygens (including phenoxy) is 1. The van der Waals surface area contributed by atoms with Crippen molar-refractivity contribution < 1.29 is 14.3 Å². The second-order valence-electron chi connectivity index (χ2n) is 11.4. The Kier molecular flexibility index (Phi) is 8.30. The van der Waals surface area contributed by atoms with E-state index in [1.807, 2.05) is 34.1 Å². The third-order valence-electron chi connectivity index (χ3n) is 8.52. The van der Waals surface area contributed by atoms with E-state index in [1.165, 1.54) is 11.1 Å². The quantitative estimate of drug-likeness (QED) is 0.349. The number of rotatable bonds is 12. The van der Waals surface area contributed by atoms with Gasteiger partial charge in [-0.3, -0.25) is 14.5 Å². The molecule has 2 heterocycles. The summed E-state index contributed by atoms with van der Waals surface area (Å²) in [6.45, 7) is 6.05. The fourth-order valence-electron chi connectivity index (χ4n) is 5.89. The van der Waals surface area contributed by atoms with Gasteiger partial charge in [-0.05, 0) is 48.4 Å². The van der Waals surface area contributed by atoms with Gasteiger partial charge in [-0.2, -0.15) is 0 Å². The van der Waals surface area contributed by atoms with Gasteiger partial charge in [0.15, 0.2) is 0 Å². The minimum Gasteiger partial charge on any atom is -0.379 e. The zero-order valence-corrected chi connectivity index (χ0v) is 23.2. The second-order valence-corrected chi connectivity index (χ2v) is 11.4. The Morgan fingerprint density at radius 3 is 2.35 bits per heavy atom. The van der Waals surface area contributed by atoms with Crippen LogP contribution in [0.3, 0.4) is 0 Å². The number of hydrogen-bond donors (Lipinski definition) is 0.